The number of benzene rings is 3. The fourth-order valence-corrected chi connectivity index (χ4v) is 4.30. The van der Waals surface area contributed by atoms with E-state index in [2.05, 4.69) is 30.6 Å². The van der Waals surface area contributed by atoms with E-state index in [1.54, 1.807) is 6.07 Å². The van der Waals surface area contributed by atoms with Crippen molar-refractivity contribution in [3.05, 3.63) is 83.5 Å². The molecule has 3 aromatic carbocycles. The number of hydrogen-bond donors (Lipinski definition) is 2. The molecule has 2 heterocycles. The molecule has 10 heteroatoms. The Balaban J connectivity index is 1.14. The molecule has 0 aliphatic heterocycles. The van der Waals surface area contributed by atoms with E-state index in [1.807, 2.05) is 60.7 Å². The molecule has 5 rings (SSSR count). The van der Waals surface area contributed by atoms with Gasteiger partial charge in [-0.15, -0.1) is 5.10 Å². The maximum Gasteiger partial charge on any atom is 0.227 e. The average molecular weight is 491 g/mol. The van der Waals surface area contributed by atoms with Crippen molar-refractivity contribution in [2.75, 3.05) is 5.32 Å². The summed E-state index contributed by atoms with van der Waals surface area (Å²) in [6, 6.07) is 21.2. The van der Waals surface area contributed by atoms with Crippen LogP contribution in [0.25, 0.3) is 22.2 Å². The predicted octanol–water partition coefficient (Wildman–Crippen LogP) is 5.52. The van der Waals surface area contributed by atoms with Crippen molar-refractivity contribution in [1.82, 2.24) is 25.3 Å². The lowest BCUT2D eigenvalue weighted by Crippen LogP contribution is -2.12. The first kappa shape index (κ1) is 22.1. The maximum atomic E-state index is 12.5. The summed E-state index contributed by atoms with van der Waals surface area (Å²) in [6.07, 6.45) is 0.589. The van der Waals surface area contributed by atoms with E-state index in [4.69, 9.17) is 16.1 Å². The van der Waals surface area contributed by atoms with Crippen molar-refractivity contribution in [3.8, 4) is 11.4 Å². The van der Waals surface area contributed by atoms with E-state index >= 15 is 0 Å². The minimum absolute atomic E-state index is 0.113. The molecule has 2 aromatic heterocycles. The minimum atomic E-state index is -0.113. The molecule has 0 saturated carbocycles. The van der Waals surface area contributed by atoms with Gasteiger partial charge >= 0.3 is 0 Å². The number of aromatic nitrogens is 5. The Morgan fingerprint density at radius 2 is 1.85 bits per heavy atom. The molecule has 34 heavy (non-hydrogen) atoms. The normalized spacial score (nSPS) is 11.1. The summed E-state index contributed by atoms with van der Waals surface area (Å²) in [5.74, 6) is 1.84. The van der Waals surface area contributed by atoms with Gasteiger partial charge < -0.3 is 9.84 Å². The van der Waals surface area contributed by atoms with Crippen molar-refractivity contribution in [2.45, 2.75) is 23.8 Å². The van der Waals surface area contributed by atoms with Crippen LogP contribution in [0.4, 0.5) is 5.69 Å². The highest BCUT2D eigenvalue weighted by atomic mass is 35.5. The third-order valence-corrected chi connectivity index (χ3v) is 6.24. The third-order valence-electron chi connectivity index (χ3n) is 5.06. The fraction of sp³-hybridized carbons (Fsp3) is 0.125. The molecular formula is C24H19ClN6O2S. The molecule has 2 N–H and O–H groups in total. The highest BCUT2D eigenvalue weighted by Gasteiger charge is 2.13. The van der Waals surface area contributed by atoms with Gasteiger partial charge in [-0.25, -0.2) is 4.98 Å². The largest absolute Gasteiger partial charge is 0.339 e. The standard InChI is InChI=1S/C24H19ClN6O2S/c25-18-10-4-3-9-17(18)23-28-24(30-29-23)34-14-20-27-22(33-31-20)13-12-21(32)26-19-11-5-7-15-6-1-2-8-16(15)19/h1-11H,12-14H2,(H,26,32)(H,28,29,30). The minimum Gasteiger partial charge on any atom is -0.339 e. The molecule has 0 atom stereocenters. The number of aryl methyl sites for hydroxylation is 1. The topological polar surface area (TPSA) is 110 Å². The number of fused-ring (bicyclic) bond motifs is 1. The first-order valence-corrected chi connectivity index (χ1v) is 11.9. The highest BCUT2D eigenvalue weighted by molar-refractivity contribution is 7.98. The predicted molar refractivity (Wildman–Crippen MR) is 132 cm³/mol. The number of nitrogens with one attached hydrogen (secondary N) is 2. The molecule has 0 spiro atoms. The van der Waals surface area contributed by atoms with Crippen LogP contribution in [0.3, 0.4) is 0 Å². The van der Waals surface area contributed by atoms with Crippen molar-refractivity contribution in [3.63, 3.8) is 0 Å². The number of aromatic amines is 1. The molecule has 0 unspecified atom stereocenters. The number of amides is 1. The van der Waals surface area contributed by atoms with Crippen LogP contribution in [0.15, 0.2) is 76.4 Å². The Labute approximate surface area is 204 Å². The van der Waals surface area contributed by atoms with E-state index in [0.717, 1.165) is 22.0 Å². The Hall–Kier alpha value is -3.69. The molecule has 0 saturated heterocycles. The van der Waals surface area contributed by atoms with Crippen molar-refractivity contribution < 1.29 is 9.32 Å². The fourth-order valence-electron chi connectivity index (χ4n) is 3.43. The van der Waals surface area contributed by atoms with E-state index in [0.29, 0.717) is 39.9 Å². The van der Waals surface area contributed by atoms with Gasteiger partial charge in [-0.2, -0.15) is 4.98 Å². The molecule has 5 aromatic rings. The Bertz CT molecular complexity index is 1440. The zero-order valence-corrected chi connectivity index (χ0v) is 19.4. The van der Waals surface area contributed by atoms with Gasteiger partial charge in [0, 0.05) is 29.5 Å². The number of carbonyl (C=O) groups is 1. The number of H-pyrrole nitrogens is 1. The van der Waals surface area contributed by atoms with E-state index < -0.39 is 0 Å². The number of halogens is 1. The van der Waals surface area contributed by atoms with Gasteiger partial charge in [-0.05, 0) is 23.6 Å². The van der Waals surface area contributed by atoms with Gasteiger partial charge in [0.25, 0.3) is 0 Å². The quantitative estimate of drug-likeness (QED) is 0.275. The van der Waals surface area contributed by atoms with Crippen LogP contribution in [-0.4, -0.2) is 31.2 Å². The van der Waals surface area contributed by atoms with Gasteiger partial charge in [0.1, 0.15) is 0 Å². The monoisotopic (exact) mass is 490 g/mol. The molecule has 0 bridgehead atoms. The number of thioether (sulfide) groups is 1. The summed E-state index contributed by atoms with van der Waals surface area (Å²) in [7, 11) is 0. The van der Waals surface area contributed by atoms with Crippen LogP contribution in [0.2, 0.25) is 5.02 Å². The molecule has 0 aliphatic carbocycles. The van der Waals surface area contributed by atoms with E-state index in [9.17, 15) is 4.79 Å². The highest BCUT2D eigenvalue weighted by Crippen LogP contribution is 2.27. The second-order valence-corrected chi connectivity index (χ2v) is 8.76. The number of anilines is 1. The molecule has 1 amide bonds. The molecule has 0 fully saturated rings. The van der Waals surface area contributed by atoms with Crippen LogP contribution in [0.1, 0.15) is 18.1 Å². The summed E-state index contributed by atoms with van der Waals surface area (Å²) in [5.41, 5.74) is 1.57. The SMILES string of the molecule is O=C(CCc1nc(CSc2n[nH]c(-c3ccccc3Cl)n2)no1)Nc1cccc2ccccc12. The lowest BCUT2D eigenvalue weighted by atomic mass is 10.1. The van der Waals surface area contributed by atoms with Gasteiger partial charge in [-0.1, -0.05) is 77.1 Å². The van der Waals surface area contributed by atoms with Crippen molar-refractivity contribution >= 4 is 45.7 Å². The molecule has 170 valence electrons. The lowest BCUT2D eigenvalue weighted by molar-refractivity contribution is -0.116. The lowest BCUT2D eigenvalue weighted by Gasteiger charge is -2.08. The summed E-state index contributed by atoms with van der Waals surface area (Å²) < 4.78 is 5.29. The van der Waals surface area contributed by atoms with Gasteiger partial charge in [0.15, 0.2) is 11.6 Å². The van der Waals surface area contributed by atoms with Crippen LogP contribution in [0.5, 0.6) is 0 Å². The maximum absolute atomic E-state index is 12.5. The number of rotatable bonds is 8. The van der Waals surface area contributed by atoms with Gasteiger partial charge in [0.05, 0.1) is 10.8 Å². The summed E-state index contributed by atoms with van der Waals surface area (Å²) >= 11 is 7.59. The molecule has 8 nitrogen and oxygen atoms in total. The summed E-state index contributed by atoms with van der Waals surface area (Å²) in [4.78, 5) is 21.3. The first-order valence-electron chi connectivity index (χ1n) is 10.5. The van der Waals surface area contributed by atoms with Crippen molar-refractivity contribution in [2.24, 2.45) is 0 Å². The average Bonchev–Trinajstić information content (AvgIpc) is 3.52. The van der Waals surface area contributed by atoms with E-state index in [-0.39, 0.29) is 12.3 Å². The van der Waals surface area contributed by atoms with Gasteiger partial charge in [-0.3, -0.25) is 9.89 Å². The zero-order chi connectivity index (χ0) is 23.3. The Morgan fingerprint density at radius 1 is 1.03 bits per heavy atom. The van der Waals surface area contributed by atoms with Crippen LogP contribution >= 0.6 is 23.4 Å². The van der Waals surface area contributed by atoms with Crippen molar-refractivity contribution in [1.29, 1.82) is 0 Å². The number of nitrogens with zero attached hydrogens (tertiary/aromatic N) is 4. The molecular weight excluding hydrogens is 472 g/mol. The molecule has 0 aliphatic rings. The summed E-state index contributed by atoms with van der Waals surface area (Å²) in [6.45, 7) is 0. The van der Waals surface area contributed by atoms with Crippen LogP contribution in [-0.2, 0) is 17.0 Å². The number of hydrogen-bond acceptors (Lipinski definition) is 7. The van der Waals surface area contributed by atoms with Gasteiger partial charge in [0.2, 0.25) is 17.0 Å². The second kappa shape index (κ2) is 10.1. The second-order valence-electron chi connectivity index (χ2n) is 7.41. The molecule has 0 radical (unpaired) electrons. The van der Waals surface area contributed by atoms with Crippen LogP contribution < -0.4 is 5.32 Å². The number of carbonyl (C=O) groups excluding carboxylic acids is 1. The Morgan fingerprint density at radius 3 is 2.76 bits per heavy atom. The zero-order valence-electron chi connectivity index (χ0n) is 17.9. The first-order chi connectivity index (χ1) is 16.7. The smallest absolute Gasteiger partial charge is 0.227 e. The van der Waals surface area contributed by atoms with E-state index in [1.165, 1.54) is 11.8 Å². The summed E-state index contributed by atoms with van der Waals surface area (Å²) in [5, 5.41) is 17.3. The van der Waals surface area contributed by atoms with Crippen LogP contribution in [0, 0.1) is 0 Å². The Kier molecular flexibility index (Phi) is 6.55. The third kappa shape index (κ3) is 5.11.